The zero-order valence-electron chi connectivity index (χ0n) is 30.3. The van der Waals surface area contributed by atoms with Gasteiger partial charge < -0.3 is 10.2 Å². The molecule has 1 atom stereocenters. The molecule has 264 valence electrons. The maximum Gasteiger partial charge on any atom is 0.306 e. The molecule has 0 bridgehead atoms. The van der Waals surface area contributed by atoms with Crippen LogP contribution in [0.3, 0.4) is 0 Å². The monoisotopic (exact) mass is 625 g/mol. The Kier molecular flexibility index (Phi) is 40.9. The molecule has 0 radical (unpaired) electrons. The summed E-state index contributed by atoms with van der Waals surface area (Å²) in [6.07, 6.45) is 43.1. The summed E-state index contributed by atoms with van der Waals surface area (Å²) in [6.45, 7) is 6.68. The molecule has 0 saturated heterocycles. The number of carboxylic acid groups (broad SMARTS) is 2. The van der Waals surface area contributed by atoms with Gasteiger partial charge in [-0.2, -0.15) is 0 Å². The Morgan fingerprint density at radius 2 is 0.614 bits per heavy atom. The molecule has 0 rings (SSSR count). The van der Waals surface area contributed by atoms with Crippen molar-refractivity contribution in [3.8, 4) is 0 Å². The molecule has 0 heterocycles. The number of rotatable bonds is 35. The van der Waals surface area contributed by atoms with Crippen LogP contribution in [0.2, 0.25) is 0 Å². The van der Waals surface area contributed by atoms with E-state index in [-0.39, 0.29) is 5.92 Å². The van der Waals surface area contributed by atoms with Crippen LogP contribution in [0.4, 0.5) is 0 Å². The molecule has 0 aromatic heterocycles. The minimum absolute atomic E-state index is 0.0951. The Bertz CT molecular complexity index is 562. The van der Waals surface area contributed by atoms with Gasteiger partial charge in [0.15, 0.2) is 0 Å². The number of carboxylic acids is 2. The van der Waals surface area contributed by atoms with Crippen LogP contribution in [0.1, 0.15) is 239 Å². The molecule has 0 aliphatic rings. The second kappa shape index (κ2) is 40.0. The summed E-state index contributed by atoms with van der Waals surface area (Å²) < 4.78 is 0. The maximum atomic E-state index is 11.2. The first-order chi connectivity index (χ1) is 21.5. The highest BCUT2D eigenvalue weighted by Gasteiger charge is 2.15. The third kappa shape index (κ3) is 40.9. The molecule has 0 aromatic rings. The van der Waals surface area contributed by atoms with Crippen molar-refractivity contribution in [1.29, 1.82) is 0 Å². The van der Waals surface area contributed by atoms with Gasteiger partial charge in [-0.15, -0.1) is 0 Å². The van der Waals surface area contributed by atoms with Gasteiger partial charge in [-0.05, 0) is 19.3 Å². The third-order valence-corrected chi connectivity index (χ3v) is 9.16. The predicted molar refractivity (Wildman–Crippen MR) is 193 cm³/mol. The summed E-state index contributed by atoms with van der Waals surface area (Å²) in [7, 11) is 0. The van der Waals surface area contributed by atoms with E-state index < -0.39 is 11.9 Å². The van der Waals surface area contributed by atoms with Crippen molar-refractivity contribution >= 4 is 11.9 Å². The van der Waals surface area contributed by atoms with E-state index in [1.807, 2.05) is 0 Å². The van der Waals surface area contributed by atoms with Gasteiger partial charge in [-0.3, -0.25) is 9.59 Å². The smallest absolute Gasteiger partial charge is 0.306 e. The average molecular weight is 625 g/mol. The molecule has 0 aromatic carbocycles. The van der Waals surface area contributed by atoms with E-state index in [1.54, 1.807) is 0 Å². The number of carbonyl (C=O) groups is 2. The Labute approximate surface area is 276 Å². The number of unbranched alkanes of at least 4 members (excludes halogenated alkanes) is 28. The van der Waals surface area contributed by atoms with Gasteiger partial charge in [-0.1, -0.05) is 213 Å². The first kappa shape index (κ1) is 45.1. The molecule has 2 N–H and O–H groups in total. The predicted octanol–water partition coefficient (Wildman–Crippen LogP) is 14.1. The summed E-state index contributed by atoms with van der Waals surface area (Å²) in [5.74, 6) is -1.33. The van der Waals surface area contributed by atoms with Crippen LogP contribution in [-0.2, 0) is 9.59 Å². The van der Waals surface area contributed by atoms with E-state index in [0.29, 0.717) is 6.42 Å². The molecule has 4 nitrogen and oxygen atoms in total. The minimum Gasteiger partial charge on any atom is -0.481 e. The summed E-state index contributed by atoms with van der Waals surface area (Å²) >= 11 is 0. The summed E-state index contributed by atoms with van der Waals surface area (Å²) in [5, 5.41) is 17.7. The zero-order valence-corrected chi connectivity index (χ0v) is 30.3. The normalized spacial score (nSPS) is 11.7. The molecule has 0 saturated carbocycles. The Morgan fingerprint density at radius 1 is 0.364 bits per heavy atom. The fourth-order valence-corrected chi connectivity index (χ4v) is 6.07. The van der Waals surface area contributed by atoms with Crippen molar-refractivity contribution in [3.63, 3.8) is 0 Å². The molecule has 0 fully saturated rings. The van der Waals surface area contributed by atoms with Crippen molar-refractivity contribution in [1.82, 2.24) is 0 Å². The van der Waals surface area contributed by atoms with Crippen LogP contribution in [0.15, 0.2) is 0 Å². The van der Waals surface area contributed by atoms with E-state index >= 15 is 0 Å². The highest BCUT2D eigenvalue weighted by atomic mass is 16.4. The molecule has 0 aliphatic carbocycles. The minimum atomic E-state index is -0.653. The number of hydrogen-bond donors (Lipinski definition) is 2. The van der Waals surface area contributed by atoms with Gasteiger partial charge in [0.25, 0.3) is 0 Å². The lowest BCUT2D eigenvalue weighted by molar-refractivity contribution is -0.142. The lowest BCUT2D eigenvalue weighted by Crippen LogP contribution is -2.13. The topological polar surface area (TPSA) is 74.6 Å². The van der Waals surface area contributed by atoms with Crippen molar-refractivity contribution in [2.75, 3.05) is 0 Å². The van der Waals surface area contributed by atoms with Gasteiger partial charge in [0, 0.05) is 6.42 Å². The Morgan fingerprint density at radius 3 is 0.886 bits per heavy atom. The zero-order chi connectivity index (χ0) is 32.8. The van der Waals surface area contributed by atoms with Gasteiger partial charge in [0.2, 0.25) is 0 Å². The van der Waals surface area contributed by atoms with Gasteiger partial charge >= 0.3 is 11.9 Å². The van der Waals surface area contributed by atoms with Crippen molar-refractivity contribution < 1.29 is 19.8 Å². The third-order valence-electron chi connectivity index (χ3n) is 9.16. The van der Waals surface area contributed by atoms with Crippen LogP contribution in [0, 0.1) is 5.92 Å². The fourth-order valence-electron chi connectivity index (χ4n) is 6.07. The van der Waals surface area contributed by atoms with Crippen LogP contribution in [0.5, 0.6) is 0 Å². The first-order valence-corrected chi connectivity index (χ1v) is 19.9. The lowest BCUT2D eigenvalue weighted by Gasteiger charge is -2.11. The molecular weight excluding hydrogens is 544 g/mol. The Balaban J connectivity index is 0. The van der Waals surface area contributed by atoms with Crippen LogP contribution < -0.4 is 0 Å². The van der Waals surface area contributed by atoms with Crippen LogP contribution in [-0.4, -0.2) is 22.2 Å². The lowest BCUT2D eigenvalue weighted by atomic mass is 9.95. The average Bonchev–Trinajstić information content (AvgIpc) is 3.00. The van der Waals surface area contributed by atoms with E-state index in [2.05, 4.69) is 20.8 Å². The Hall–Kier alpha value is -1.06. The van der Waals surface area contributed by atoms with Crippen molar-refractivity contribution in [3.05, 3.63) is 0 Å². The van der Waals surface area contributed by atoms with E-state index in [0.717, 1.165) is 44.9 Å². The van der Waals surface area contributed by atoms with Gasteiger partial charge in [0.05, 0.1) is 5.92 Å². The van der Waals surface area contributed by atoms with Gasteiger partial charge in [0.1, 0.15) is 0 Å². The summed E-state index contributed by atoms with van der Waals surface area (Å²) in [5.41, 5.74) is 0. The maximum absolute atomic E-state index is 11.2. The quantitative estimate of drug-likeness (QED) is 0.0688. The molecule has 1 unspecified atom stereocenters. The van der Waals surface area contributed by atoms with E-state index in [1.165, 1.54) is 167 Å². The molecule has 0 aliphatic heterocycles. The number of aliphatic carboxylic acids is 2. The van der Waals surface area contributed by atoms with Crippen molar-refractivity contribution in [2.24, 2.45) is 5.92 Å². The molecule has 44 heavy (non-hydrogen) atoms. The molecule has 0 amide bonds. The highest BCUT2D eigenvalue weighted by molar-refractivity contribution is 5.69. The molecule has 4 heteroatoms. The first-order valence-electron chi connectivity index (χ1n) is 19.9. The largest absolute Gasteiger partial charge is 0.481 e. The summed E-state index contributed by atoms with van der Waals surface area (Å²) in [4.78, 5) is 21.5. The molecule has 0 spiro atoms. The van der Waals surface area contributed by atoms with Crippen LogP contribution in [0.25, 0.3) is 0 Å². The van der Waals surface area contributed by atoms with E-state index in [9.17, 15) is 14.7 Å². The molecular formula is C40H80O4. The van der Waals surface area contributed by atoms with Crippen LogP contribution >= 0.6 is 0 Å². The SMILES string of the molecule is CCCCCCCCCCCCCCCCC(CCCC)C(=O)O.CCCCCCCCCCCCCCCCCC(=O)O. The number of hydrogen-bond acceptors (Lipinski definition) is 2. The summed E-state index contributed by atoms with van der Waals surface area (Å²) in [6, 6.07) is 0. The van der Waals surface area contributed by atoms with Gasteiger partial charge in [-0.25, -0.2) is 0 Å². The fraction of sp³-hybridized carbons (Fsp3) is 0.950. The second-order valence-electron chi connectivity index (χ2n) is 13.7. The van der Waals surface area contributed by atoms with Crippen molar-refractivity contribution in [2.45, 2.75) is 239 Å². The standard InChI is InChI=1S/C22H44O2.C18H36O2/c1-3-5-7-8-9-10-11-12-13-14-15-16-17-18-20-21(22(23)24)19-6-4-2;1-2-3-4-5-6-7-8-9-10-11-12-13-14-15-16-17-18(19)20/h21H,3-20H2,1-2H3,(H,23,24);2-17H2,1H3,(H,19,20). The van der Waals surface area contributed by atoms with E-state index in [4.69, 9.17) is 5.11 Å². The second-order valence-corrected chi connectivity index (χ2v) is 13.7. The highest BCUT2D eigenvalue weighted by Crippen LogP contribution is 2.19.